The van der Waals surface area contributed by atoms with Gasteiger partial charge in [-0.15, -0.1) is 24.0 Å². The van der Waals surface area contributed by atoms with Gasteiger partial charge in [-0.1, -0.05) is 19.1 Å². The van der Waals surface area contributed by atoms with E-state index in [2.05, 4.69) is 39.2 Å². The lowest BCUT2D eigenvalue weighted by Gasteiger charge is -2.35. The molecule has 2 fully saturated rings. The maximum atomic E-state index is 12.1. The highest BCUT2D eigenvalue weighted by Gasteiger charge is 2.37. The second kappa shape index (κ2) is 12.4. The maximum absolute atomic E-state index is 12.1. The number of hydrogen-bond acceptors (Lipinski definition) is 6. The van der Waals surface area contributed by atoms with E-state index >= 15 is 0 Å². The summed E-state index contributed by atoms with van der Waals surface area (Å²) >= 11 is 0. The van der Waals surface area contributed by atoms with Crippen molar-refractivity contribution in [2.45, 2.75) is 13.0 Å². The smallest absolute Gasteiger partial charge is 0.310 e. The Morgan fingerprint density at radius 2 is 1.90 bits per heavy atom. The van der Waals surface area contributed by atoms with E-state index in [-0.39, 0.29) is 47.8 Å². The van der Waals surface area contributed by atoms with Crippen LogP contribution in [-0.2, 0) is 14.3 Å². The van der Waals surface area contributed by atoms with Gasteiger partial charge >= 0.3 is 5.97 Å². The number of esters is 1. The highest BCUT2D eigenvalue weighted by atomic mass is 127. The number of carbonyl (C=O) groups excluding carboxylic acids is 1. The summed E-state index contributed by atoms with van der Waals surface area (Å²) in [6.45, 7) is 7.47. The molecule has 0 aliphatic carbocycles. The minimum atomic E-state index is -0.148. The number of hydrogen-bond donors (Lipinski definition) is 1. The van der Waals surface area contributed by atoms with E-state index in [1.54, 1.807) is 14.2 Å². The van der Waals surface area contributed by atoms with Crippen LogP contribution in [0.25, 0.3) is 0 Å². The Labute approximate surface area is 202 Å². The third kappa shape index (κ3) is 6.45. The largest absolute Gasteiger partial charge is 0.497 e. The van der Waals surface area contributed by atoms with Crippen LogP contribution in [0.5, 0.6) is 5.75 Å². The molecule has 31 heavy (non-hydrogen) atoms. The Bertz CT molecular complexity index is 725. The van der Waals surface area contributed by atoms with E-state index in [1.165, 1.54) is 12.7 Å². The Hall–Kier alpha value is -1.59. The summed E-state index contributed by atoms with van der Waals surface area (Å²) in [5.74, 6) is 1.63. The van der Waals surface area contributed by atoms with Crippen LogP contribution in [-0.4, -0.2) is 88.9 Å². The molecule has 3 unspecified atom stereocenters. The van der Waals surface area contributed by atoms with E-state index < -0.39 is 0 Å². The molecule has 0 spiro atoms. The molecule has 0 radical (unpaired) electrons. The quantitative estimate of drug-likeness (QED) is 0.253. The molecule has 2 saturated heterocycles. The van der Waals surface area contributed by atoms with Gasteiger partial charge in [0, 0.05) is 39.8 Å². The predicted octanol–water partition coefficient (Wildman–Crippen LogP) is 2.00. The number of rotatable bonds is 6. The van der Waals surface area contributed by atoms with Crippen LogP contribution in [0.15, 0.2) is 29.3 Å². The highest BCUT2D eigenvalue weighted by Crippen LogP contribution is 2.26. The van der Waals surface area contributed by atoms with Crippen LogP contribution in [0, 0.1) is 11.8 Å². The molecule has 0 bridgehead atoms. The SMILES string of the molecule is CN=C(NCC(c1ccc(OC)cc1)N1CCOCC1)N1CC(C)C(C(=O)OC)C1.I. The van der Waals surface area contributed by atoms with Gasteiger partial charge in [-0.2, -0.15) is 0 Å². The summed E-state index contributed by atoms with van der Waals surface area (Å²) in [6.07, 6.45) is 0. The normalized spacial score (nSPS) is 23.1. The molecule has 0 amide bonds. The number of nitrogens with one attached hydrogen (secondary N) is 1. The average Bonchev–Trinajstić information content (AvgIpc) is 3.18. The standard InChI is InChI=1S/C22H34N4O4.HI/c1-16-14-26(15-19(16)21(27)29-4)22(23-2)24-13-20(25-9-11-30-12-10-25)17-5-7-18(28-3)8-6-17;/h5-8,16,19-20H,9-15H2,1-4H3,(H,23,24);1H. The van der Waals surface area contributed by atoms with Gasteiger partial charge in [0.2, 0.25) is 0 Å². The molecule has 174 valence electrons. The lowest BCUT2D eigenvalue weighted by Crippen LogP contribution is -2.47. The van der Waals surface area contributed by atoms with E-state index in [0.717, 1.165) is 44.6 Å². The summed E-state index contributed by atoms with van der Waals surface area (Å²) in [5, 5.41) is 3.54. The molecule has 9 heteroatoms. The third-order valence-electron chi connectivity index (χ3n) is 6.07. The van der Waals surface area contributed by atoms with E-state index in [0.29, 0.717) is 13.1 Å². The number of ether oxygens (including phenoxy) is 3. The molecule has 1 N–H and O–H groups in total. The molecular weight excluding hydrogens is 511 g/mol. The van der Waals surface area contributed by atoms with Crippen molar-refractivity contribution < 1.29 is 19.0 Å². The van der Waals surface area contributed by atoms with Crippen molar-refractivity contribution in [3.8, 4) is 5.75 Å². The first-order chi connectivity index (χ1) is 14.6. The number of halogens is 1. The van der Waals surface area contributed by atoms with Crippen LogP contribution in [0.1, 0.15) is 18.5 Å². The molecule has 3 rings (SSSR count). The van der Waals surface area contributed by atoms with Gasteiger partial charge in [0.1, 0.15) is 5.75 Å². The lowest BCUT2D eigenvalue weighted by atomic mass is 9.99. The number of aliphatic imine (C=N–C) groups is 1. The van der Waals surface area contributed by atoms with Crippen molar-refractivity contribution in [1.82, 2.24) is 15.1 Å². The third-order valence-corrected chi connectivity index (χ3v) is 6.07. The van der Waals surface area contributed by atoms with Crippen LogP contribution in [0.2, 0.25) is 0 Å². The molecule has 3 atom stereocenters. The number of carbonyl (C=O) groups is 1. The zero-order valence-electron chi connectivity index (χ0n) is 18.9. The summed E-state index contributed by atoms with van der Waals surface area (Å²) in [6, 6.07) is 8.43. The van der Waals surface area contributed by atoms with Crippen LogP contribution < -0.4 is 10.1 Å². The summed E-state index contributed by atoms with van der Waals surface area (Å²) < 4.78 is 15.8. The zero-order chi connectivity index (χ0) is 21.5. The maximum Gasteiger partial charge on any atom is 0.310 e. The first kappa shape index (κ1) is 25.7. The fourth-order valence-electron chi connectivity index (χ4n) is 4.29. The highest BCUT2D eigenvalue weighted by molar-refractivity contribution is 14.0. The number of morpholine rings is 1. The molecule has 8 nitrogen and oxygen atoms in total. The van der Waals surface area contributed by atoms with E-state index in [9.17, 15) is 4.79 Å². The number of likely N-dealkylation sites (tertiary alicyclic amines) is 1. The lowest BCUT2D eigenvalue weighted by molar-refractivity contribution is -0.145. The van der Waals surface area contributed by atoms with E-state index in [1.807, 2.05) is 12.1 Å². The van der Waals surface area contributed by atoms with Crippen LogP contribution in [0.4, 0.5) is 0 Å². The Balaban J connectivity index is 0.00000341. The number of methoxy groups -OCH3 is 2. The molecular formula is C22H35IN4O4. The second-order valence-electron chi connectivity index (χ2n) is 7.88. The summed E-state index contributed by atoms with van der Waals surface area (Å²) in [5.41, 5.74) is 1.22. The van der Waals surface area contributed by atoms with Gasteiger partial charge in [0.05, 0.1) is 39.4 Å². The van der Waals surface area contributed by atoms with Crippen molar-refractivity contribution in [1.29, 1.82) is 0 Å². The molecule has 0 saturated carbocycles. The van der Waals surface area contributed by atoms with Crippen molar-refractivity contribution in [2.24, 2.45) is 16.8 Å². The molecule has 1 aromatic carbocycles. The average molecular weight is 546 g/mol. The Morgan fingerprint density at radius 3 is 2.48 bits per heavy atom. The van der Waals surface area contributed by atoms with Crippen LogP contribution >= 0.6 is 24.0 Å². The Kier molecular flexibility index (Phi) is 10.3. The topological polar surface area (TPSA) is 75.6 Å². The molecule has 0 aromatic heterocycles. The minimum absolute atomic E-state index is 0. The molecule has 2 heterocycles. The van der Waals surface area contributed by atoms with Crippen molar-refractivity contribution >= 4 is 35.9 Å². The molecule has 2 aliphatic rings. The fourth-order valence-corrected chi connectivity index (χ4v) is 4.29. The summed E-state index contributed by atoms with van der Waals surface area (Å²) in [4.78, 5) is 21.1. The number of guanidine groups is 1. The number of nitrogens with zero attached hydrogens (tertiary/aromatic N) is 3. The summed E-state index contributed by atoms with van der Waals surface area (Å²) in [7, 11) is 4.92. The van der Waals surface area contributed by atoms with Gasteiger partial charge in [0.25, 0.3) is 0 Å². The fraction of sp³-hybridized carbons (Fsp3) is 0.636. The van der Waals surface area contributed by atoms with Crippen molar-refractivity contribution in [2.75, 3.05) is 67.2 Å². The monoisotopic (exact) mass is 546 g/mol. The van der Waals surface area contributed by atoms with E-state index in [4.69, 9.17) is 14.2 Å². The number of benzene rings is 1. The first-order valence-electron chi connectivity index (χ1n) is 10.6. The van der Waals surface area contributed by atoms with Gasteiger partial charge in [-0.05, 0) is 23.6 Å². The van der Waals surface area contributed by atoms with Gasteiger partial charge in [-0.25, -0.2) is 0 Å². The van der Waals surface area contributed by atoms with Gasteiger partial charge < -0.3 is 24.4 Å². The van der Waals surface area contributed by atoms with Gasteiger partial charge in [0.15, 0.2) is 5.96 Å². The molecule has 2 aliphatic heterocycles. The van der Waals surface area contributed by atoms with Gasteiger partial charge in [-0.3, -0.25) is 14.7 Å². The first-order valence-corrected chi connectivity index (χ1v) is 10.6. The second-order valence-corrected chi connectivity index (χ2v) is 7.88. The van der Waals surface area contributed by atoms with Crippen molar-refractivity contribution in [3.05, 3.63) is 29.8 Å². The minimum Gasteiger partial charge on any atom is -0.497 e. The van der Waals surface area contributed by atoms with Crippen LogP contribution in [0.3, 0.4) is 0 Å². The van der Waals surface area contributed by atoms with Crippen molar-refractivity contribution in [3.63, 3.8) is 0 Å². The molecule has 1 aromatic rings. The zero-order valence-corrected chi connectivity index (χ0v) is 21.2. The predicted molar refractivity (Wildman–Crippen MR) is 131 cm³/mol. The Morgan fingerprint density at radius 1 is 1.23 bits per heavy atom.